The van der Waals surface area contributed by atoms with Crippen molar-refractivity contribution in [2.45, 2.75) is 6.92 Å². The minimum absolute atomic E-state index is 0.0735. The molecule has 0 amide bonds. The molecular weight excluding hydrogens is 148 g/mol. The number of aryl methyl sites for hydroxylation is 1. The zero-order chi connectivity index (χ0) is 8.43. The largest absolute Gasteiger partial charge is 0.383 e. The van der Waals surface area contributed by atoms with Crippen molar-refractivity contribution >= 4 is 5.69 Å². The average molecular weight is 157 g/mol. The number of anilines is 1. The molecule has 0 saturated heterocycles. The van der Waals surface area contributed by atoms with Gasteiger partial charge in [0.2, 0.25) is 0 Å². The maximum Gasteiger partial charge on any atom is 0.149 e. The quantitative estimate of drug-likeness (QED) is 0.659. The van der Waals surface area contributed by atoms with Gasteiger partial charge < -0.3 is 5.32 Å². The molecule has 0 saturated carbocycles. The van der Waals surface area contributed by atoms with Crippen molar-refractivity contribution in [2.75, 3.05) is 12.4 Å². The lowest BCUT2D eigenvalue weighted by molar-refractivity contribution is 0.588. The third-order valence-electron chi connectivity index (χ3n) is 1.44. The van der Waals surface area contributed by atoms with Crippen molar-refractivity contribution in [3.05, 3.63) is 29.3 Å². The monoisotopic (exact) mass is 157 g/mol. The predicted molar refractivity (Wildman–Crippen MR) is 40.6 cm³/mol. The fraction of sp³-hybridized carbons (Fsp3) is 0.250. The average Bonchev–Trinajstić information content (AvgIpc) is 1.85. The summed E-state index contributed by atoms with van der Waals surface area (Å²) in [4.78, 5) is 0. The first-order valence-electron chi connectivity index (χ1n) is 3.28. The van der Waals surface area contributed by atoms with E-state index in [1.54, 1.807) is 6.92 Å². The van der Waals surface area contributed by atoms with Crippen molar-refractivity contribution in [1.29, 1.82) is 0 Å². The maximum atomic E-state index is 12.8. The number of rotatable bonds is 1. The van der Waals surface area contributed by atoms with Crippen LogP contribution < -0.4 is 5.32 Å². The molecule has 0 radical (unpaired) electrons. The number of halogens is 2. The molecule has 0 spiro atoms. The minimum atomic E-state index is -0.551. The first kappa shape index (κ1) is 7.98. The van der Waals surface area contributed by atoms with Gasteiger partial charge in [0.15, 0.2) is 0 Å². The highest BCUT2D eigenvalue weighted by Gasteiger charge is 2.06. The Kier molecular flexibility index (Phi) is 2.08. The molecule has 1 aromatic carbocycles. The molecule has 1 N–H and O–H groups in total. The van der Waals surface area contributed by atoms with Gasteiger partial charge in [0, 0.05) is 7.05 Å². The normalized spacial score (nSPS) is 9.82. The Labute approximate surface area is 64.0 Å². The van der Waals surface area contributed by atoms with E-state index in [0.29, 0.717) is 5.56 Å². The van der Waals surface area contributed by atoms with Gasteiger partial charge in [-0.05, 0) is 24.6 Å². The number of hydrogen-bond donors (Lipinski definition) is 1. The van der Waals surface area contributed by atoms with Crippen molar-refractivity contribution in [2.24, 2.45) is 0 Å². The van der Waals surface area contributed by atoms with Gasteiger partial charge in [-0.1, -0.05) is 0 Å². The van der Waals surface area contributed by atoms with Gasteiger partial charge in [0.1, 0.15) is 17.3 Å². The summed E-state index contributed by atoms with van der Waals surface area (Å²) < 4.78 is 25.6. The smallest absolute Gasteiger partial charge is 0.149 e. The second-order valence-corrected chi connectivity index (χ2v) is 2.35. The molecule has 0 aliphatic heterocycles. The first-order chi connectivity index (χ1) is 5.15. The Morgan fingerprint density at radius 2 is 1.64 bits per heavy atom. The van der Waals surface area contributed by atoms with Crippen molar-refractivity contribution in [3.63, 3.8) is 0 Å². The summed E-state index contributed by atoms with van der Waals surface area (Å²) in [5.41, 5.74) is 0.509. The van der Waals surface area contributed by atoms with Gasteiger partial charge >= 0.3 is 0 Å². The lowest BCUT2D eigenvalue weighted by Gasteiger charge is -2.03. The van der Waals surface area contributed by atoms with Gasteiger partial charge in [-0.25, -0.2) is 8.78 Å². The first-order valence-corrected chi connectivity index (χ1v) is 3.28. The fourth-order valence-electron chi connectivity index (χ4n) is 0.939. The highest BCUT2D eigenvalue weighted by atomic mass is 19.1. The van der Waals surface area contributed by atoms with E-state index in [1.807, 2.05) is 0 Å². The van der Waals surface area contributed by atoms with Crippen LogP contribution in [0, 0.1) is 18.6 Å². The van der Waals surface area contributed by atoms with E-state index in [-0.39, 0.29) is 5.69 Å². The zero-order valence-corrected chi connectivity index (χ0v) is 6.41. The van der Waals surface area contributed by atoms with Crippen molar-refractivity contribution < 1.29 is 8.78 Å². The van der Waals surface area contributed by atoms with Gasteiger partial charge in [-0.3, -0.25) is 0 Å². The van der Waals surface area contributed by atoms with E-state index in [1.165, 1.54) is 19.2 Å². The minimum Gasteiger partial charge on any atom is -0.383 e. The summed E-state index contributed by atoms with van der Waals surface area (Å²) in [7, 11) is 1.48. The van der Waals surface area contributed by atoms with E-state index in [4.69, 9.17) is 0 Å². The van der Waals surface area contributed by atoms with E-state index in [0.717, 1.165) is 0 Å². The van der Waals surface area contributed by atoms with Crippen LogP contribution in [0.15, 0.2) is 12.1 Å². The van der Waals surface area contributed by atoms with Gasteiger partial charge in [0.05, 0.1) is 0 Å². The topological polar surface area (TPSA) is 12.0 Å². The maximum absolute atomic E-state index is 12.8. The van der Waals surface area contributed by atoms with Gasteiger partial charge in [0.25, 0.3) is 0 Å². The third kappa shape index (κ3) is 1.48. The van der Waals surface area contributed by atoms with Gasteiger partial charge in [-0.2, -0.15) is 0 Å². The Morgan fingerprint density at radius 1 is 1.18 bits per heavy atom. The van der Waals surface area contributed by atoms with Crippen LogP contribution in [-0.2, 0) is 0 Å². The highest BCUT2D eigenvalue weighted by Crippen LogP contribution is 2.19. The third-order valence-corrected chi connectivity index (χ3v) is 1.44. The van der Waals surface area contributed by atoms with E-state index < -0.39 is 11.6 Å². The van der Waals surface area contributed by atoms with Gasteiger partial charge in [-0.15, -0.1) is 0 Å². The van der Waals surface area contributed by atoms with Crippen LogP contribution in [0.1, 0.15) is 5.56 Å². The fourth-order valence-corrected chi connectivity index (χ4v) is 0.939. The molecule has 0 aromatic heterocycles. The van der Waals surface area contributed by atoms with E-state index in [2.05, 4.69) is 5.32 Å². The Morgan fingerprint density at radius 3 is 2.00 bits per heavy atom. The lowest BCUT2D eigenvalue weighted by Crippen LogP contribution is -1.96. The molecular formula is C8H9F2N. The summed E-state index contributed by atoms with van der Waals surface area (Å²) in [6, 6.07) is 2.57. The molecule has 60 valence electrons. The van der Waals surface area contributed by atoms with E-state index in [9.17, 15) is 8.78 Å². The number of benzene rings is 1. The zero-order valence-electron chi connectivity index (χ0n) is 6.41. The molecule has 1 aromatic rings. The summed E-state index contributed by atoms with van der Waals surface area (Å²) in [6.07, 6.45) is 0. The lowest BCUT2D eigenvalue weighted by atomic mass is 10.2. The Hall–Kier alpha value is -1.12. The SMILES string of the molecule is CNc1c(F)cc(C)cc1F. The van der Waals surface area contributed by atoms with Crippen LogP contribution in [0.3, 0.4) is 0 Å². The molecule has 0 atom stereocenters. The standard InChI is InChI=1S/C8H9F2N/c1-5-3-6(9)8(11-2)7(10)4-5/h3-4,11H,1-2H3. The number of hydrogen-bond acceptors (Lipinski definition) is 1. The highest BCUT2D eigenvalue weighted by molar-refractivity contribution is 5.47. The van der Waals surface area contributed by atoms with Crippen LogP contribution in [0.2, 0.25) is 0 Å². The molecule has 11 heavy (non-hydrogen) atoms. The molecule has 0 aliphatic rings. The van der Waals surface area contributed by atoms with E-state index >= 15 is 0 Å². The molecule has 1 rings (SSSR count). The summed E-state index contributed by atoms with van der Waals surface area (Å²) in [5.74, 6) is -1.10. The van der Waals surface area contributed by atoms with Crippen LogP contribution in [-0.4, -0.2) is 7.05 Å². The van der Waals surface area contributed by atoms with Crippen LogP contribution >= 0.6 is 0 Å². The molecule has 0 fully saturated rings. The Balaban J connectivity index is 3.25. The molecule has 1 nitrogen and oxygen atoms in total. The van der Waals surface area contributed by atoms with Crippen molar-refractivity contribution in [1.82, 2.24) is 0 Å². The summed E-state index contributed by atoms with van der Waals surface area (Å²) >= 11 is 0. The molecule has 0 heterocycles. The van der Waals surface area contributed by atoms with Crippen LogP contribution in [0.25, 0.3) is 0 Å². The number of nitrogens with one attached hydrogen (secondary N) is 1. The molecule has 0 aliphatic carbocycles. The summed E-state index contributed by atoms with van der Waals surface area (Å²) in [6.45, 7) is 1.64. The van der Waals surface area contributed by atoms with Crippen LogP contribution in [0.5, 0.6) is 0 Å². The Bertz CT molecular complexity index is 248. The second-order valence-electron chi connectivity index (χ2n) is 2.35. The van der Waals surface area contributed by atoms with Crippen molar-refractivity contribution in [3.8, 4) is 0 Å². The molecule has 0 bridgehead atoms. The second kappa shape index (κ2) is 2.86. The van der Waals surface area contributed by atoms with Crippen LogP contribution in [0.4, 0.5) is 14.5 Å². The molecule has 0 unspecified atom stereocenters. The predicted octanol–water partition coefficient (Wildman–Crippen LogP) is 2.31. The summed E-state index contributed by atoms with van der Waals surface area (Å²) in [5, 5.41) is 2.44. The molecule has 3 heteroatoms.